The highest BCUT2D eigenvalue weighted by atomic mass is 32.1. The van der Waals surface area contributed by atoms with Crippen LogP contribution >= 0.6 is 11.3 Å². The van der Waals surface area contributed by atoms with Crippen molar-refractivity contribution < 1.29 is 4.79 Å². The molecule has 0 radical (unpaired) electrons. The lowest BCUT2D eigenvalue weighted by molar-refractivity contribution is -0.122. The molecule has 1 aromatic carbocycles. The van der Waals surface area contributed by atoms with Crippen molar-refractivity contribution in [3.63, 3.8) is 0 Å². The average molecular weight is 435 g/mol. The van der Waals surface area contributed by atoms with Crippen LogP contribution in [0.2, 0.25) is 0 Å². The molecule has 3 aromatic heterocycles. The Bertz CT molecular complexity index is 1190. The molecule has 0 spiro atoms. The van der Waals surface area contributed by atoms with Crippen LogP contribution in [-0.2, 0) is 17.8 Å². The summed E-state index contributed by atoms with van der Waals surface area (Å²) in [5.74, 6) is 0.489. The molecule has 1 atom stereocenters. The summed E-state index contributed by atoms with van der Waals surface area (Å²) in [6.45, 7) is 3.38. The summed E-state index contributed by atoms with van der Waals surface area (Å²) in [6, 6.07) is 9.72. The second-order valence-electron chi connectivity index (χ2n) is 7.38. The molecule has 1 unspecified atom stereocenters. The summed E-state index contributed by atoms with van der Waals surface area (Å²) >= 11 is 1.55. The first-order valence-electron chi connectivity index (χ1n) is 10.4. The van der Waals surface area contributed by atoms with Crippen molar-refractivity contribution in [1.29, 1.82) is 0 Å². The van der Waals surface area contributed by atoms with Crippen molar-refractivity contribution in [1.82, 2.24) is 35.3 Å². The Hall–Kier alpha value is -3.40. The number of fused-ring (bicyclic) bond motifs is 1. The number of thiazole rings is 1. The number of amides is 1. The molecular formula is C21H22N8OS. The summed E-state index contributed by atoms with van der Waals surface area (Å²) in [5, 5.41) is 11.7. The van der Waals surface area contributed by atoms with Crippen LogP contribution in [0.25, 0.3) is 16.3 Å². The first kappa shape index (κ1) is 19.6. The van der Waals surface area contributed by atoms with E-state index in [9.17, 15) is 4.79 Å². The molecule has 1 aliphatic rings. The van der Waals surface area contributed by atoms with Gasteiger partial charge in [0.2, 0.25) is 5.91 Å². The monoisotopic (exact) mass is 434 g/mol. The number of rotatable bonds is 6. The number of aryl methyl sites for hydroxylation is 1. The second-order valence-corrected chi connectivity index (χ2v) is 8.35. The van der Waals surface area contributed by atoms with E-state index in [0.717, 1.165) is 46.9 Å². The maximum absolute atomic E-state index is 12.9. The van der Waals surface area contributed by atoms with Gasteiger partial charge < -0.3 is 10.2 Å². The molecule has 5 rings (SSSR count). The van der Waals surface area contributed by atoms with Crippen LogP contribution in [0, 0.1) is 0 Å². The molecule has 0 aliphatic carbocycles. The van der Waals surface area contributed by atoms with E-state index >= 15 is 0 Å². The van der Waals surface area contributed by atoms with Crippen LogP contribution in [0.15, 0.2) is 42.7 Å². The number of nitrogens with one attached hydrogen (secondary N) is 1. The number of nitrogens with zero attached hydrogens (tertiary/aromatic N) is 7. The van der Waals surface area contributed by atoms with Gasteiger partial charge in [-0.3, -0.25) is 4.79 Å². The standard InChI is InChI=1S/C21H22N8OS/c1-2-15-17-18(25-20(24-15)29-12-10-23-27-29)26-21(31-17)28-11-6-9-16(28)19(30)22-13-14-7-4-3-5-8-14/h3-5,7-8,10,12,16H,2,6,9,11,13H2,1H3,(H,22,30). The predicted octanol–water partition coefficient (Wildman–Crippen LogP) is 2.51. The molecule has 4 heterocycles. The lowest BCUT2D eigenvalue weighted by atomic mass is 10.2. The van der Waals surface area contributed by atoms with Crippen molar-refractivity contribution in [3.05, 3.63) is 54.0 Å². The molecule has 0 saturated carbocycles. The van der Waals surface area contributed by atoms with E-state index < -0.39 is 0 Å². The van der Waals surface area contributed by atoms with Gasteiger partial charge in [0.25, 0.3) is 5.95 Å². The van der Waals surface area contributed by atoms with Crippen LogP contribution < -0.4 is 10.2 Å². The third-order valence-electron chi connectivity index (χ3n) is 5.37. The third-order valence-corrected chi connectivity index (χ3v) is 6.50. The topological polar surface area (TPSA) is 102 Å². The van der Waals surface area contributed by atoms with Gasteiger partial charge in [-0.25, -0.2) is 4.98 Å². The number of hydrogen-bond acceptors (Lipinski definition) is 8. The van der Waals surface area contributed by atoms with Crippen LogP contribution in [0.1, 0.15) is 31.0 Å². The molecule has 31 heavy (non-hydrogen) atoms. The van der Waals surface area contributed by atoms with Gasteiger partial charge in [-0.05, 0) is 24.8 Å². The molecule has 9 nitrogen and oxygen atoms in total. The number of carbonyl (C=O) groups excluding carboxylic acids is 1. The zero-order valence-electron chi connectivity index (χ0n) is 17.1. The minimum absolute atomic E-state index is 0.0331. The highest BCUT2D eigenvalue weighted by Gasteiger charge is 2.33. The van der Waals surface area contributed by atoms with Gasteiger partial charge in [-0.1, -0.05) is 53.8 Å². The zero-order chi connectivity index (χ0) is 21.2. The summed E-state index contributed by atoms with van der Waals surface area (Å²) in [6.07, 6.45) is 5.82. The van der Waals surface area contributed by atoms with E-state index in [1.807, 2.05) is 30.3 Å². The Morgan fingerprint density at radius 1 is 1.23 bits per heavy atom. The Morgan fingerprint density at radius 3 is 2.87 bits per heavy atom. The number of carbonyl (C=O) groups is 1. The number of benzene rings is 1. The van der Waals surface area contributed by atoms with Gasteiger partial charge in [-0.15, -0.1) is 5.10 Å². The minimum atomic E-state index is -0.225. The Morgan fingerprint density at radius 2 is 2.10 bits per heavy atom. The van der Waals surface area contributed by atoms with Crippen molar-refractivity contribution in [2.75, 3.05) is 11.4 Å². The van der Waals surface area contributed by atoms with Crippen molar-refractivity contribution >= 4 is 32.7 Å². The van der Waals surface area contributed by atoms with E-state index in [0.29, 0.717) is 18.1 Å². The van der Waals surface area contributed by atoms with Gasteiger partial charge in [-0.2, -0.15) is 14.6 Å². The summed E-state index contributed by atoms with van der Waals surface area (Å²) in [7, 11) is 0. The molecule has 0 bridgehead atoms. The third kappa shape index (κ3) is 3.86. The lowest BCUT2D eigenvalue weighted by Gasteiger charge is -2.23. The molecule has 1 amide bonds. The molecule has 1 N–H and O–H groups in total. The smallest absolute Gasteiger partial charge is 0.254 e. The largest absolute Gasteiger partial charge is 0.350 e. The summed E-state index contributed by atoms with van der Waals surface area (Å²) < 4.78 is 2.49. The second kappa shape index (κ2) is 8.38. The molecule has 1 aliphatic heterocycles. The van der Waals surface area contributed by atoms with Crippen LogP contribution in [0.4, 0.5) is 5.13 Å². The number of hydrogen-bond donors (Lipinski definition) is 1. The quantitative estimate of drug-likeness (QED) is 0.497. The first-order valence-corrected chi connectivity index (χ1v) is 11.2. The average Bonchev–Trinajstić information content (AvgIpc) is 3.57. The number of anilines is 1. The SMILES string of the molecule is CCc1nc(-n2ccnn2)nc2nc(N3CCCC3C(=O)NCc3ccccc3)sc12. The van der Waals surface area contributed by atoms with Gasteiger partial charge in [0.05, 0.1) is 22.8 Å². The fourth-order valence-corrected chi connectivity index (χ4v) is 4.95. The summed E-state index contributed by atoms with van der Waals surface area (Å²) in [4.78, 5) is 29.0. The van der Waals surface area contributed by atoms with Crippen molar-refractivity contribution in [3.8, 4) is 5.95 Å². The highest BCUT2D eigenvalue weighted by Crippen LogP contribution is 2.34. The van der Waals surface area contributed by atoms with Gasteiger partial charge >= 0.3 is 0 Å². The van der Waals surface area contributed by atoms with E-state index in [1.54, 1.807) is 23.7 Å². The fourth-order valence-electron chi connectivity index (χ4n) is 3.81. The van der Waals surface area contributed by atoms with Crippen molar-refractivity contribution in [2.45, 2.75) is 38.8 Å². The molecule has 158 valence electrons. The van der Waals surface area contributed by atoms with Gasteiger partial charge in [0.1, 0.15) is 6.04 Å². The van der Waals surface area contributed by atoms with E-state index in [4.69, 9.17) is 4.98 Å². The molecule has 1 fully saturated rings. The number of aromatic nitrogens is 6. The van der Waals surface area contributed by atoms with E-state index in [1.165, 1.54) is 4.68 Å². The van der Waals surface area contributed by atoms with E-state index in [2.05, 4.69) is 37.4 Å². The molecular weight excluding hydrogens is 412 g/mol. The maximum Gasteiger partial charge on any atom is 0.254 e. The minimum Gasteiger partial charge on any atom is -0.350 e. The lowest BCUT2D eigenvalue weighted by Crippen LogP contribution is -2.43. The molecule has 10 heteroatoms. The van der Waals surface area contributed by atoms with Crippen molar-refractivity contribution in [2.24, 2.45) is 0 Å². The van der Waals surface area contributed by atoms with Crippen LogP contribution in [0.5, 0.6) is 0 Å². The predicted molar refractivity (Wildman–Crippen MR) is 118 cm³/mol. The first-order chi connectivity index (χ1) is 15.2. The fraction of sp³-hybridized carbons (Fsp3) is 0.333. The maximum atomic E-state index is 12.9. The Balaban J connectivity index is 1.40. The highest BCUT2D eigenvalue weighted by molar-refractivity contribution is 7.22. The normalized spacial score (nSPS) is 16.2. The Kier molecular flexibility index (Phi) is 5.29. The Labute approximate surface area is 183 Å². The van der Waals surface area contributed by atoms with Gasteiger partial charge in [0, 0.05) is 13.1 Å². The van der Waals surface area contributed by atoms with Crippen LogP contribution in [-0.4, -0.2) is 48.4 Å². The summed E-state index contributed by atoms with van der Waals surface area (Å²) in [5.41, 5.74) is 2.64. The molecule has 4 aromatic rings. The molecule has 1 saturated heterocycles. The zero-order valence-corrected chi connectivity index (χ0v) is 17.9. The van der Waals surface area contributed by atoms with Crippen LogP contribution in [0.3, 0.4) is 0 Å². The van der Waals surface area contributed by atoms with Gasteiger partial charge in [0.15, 0.2) is 10.8 Å². The van der Waals surface area contributed by atoms with E-state index in [-0.39, 0.29) is 11.9 Å².